The molecule has 1 rings (SSSR count). The van der Waals surface area contributed by atoms with Gasteiger partial charge in [0.05, 0.1) is 13.2 Å². The number of carbonyl (C=O) groups excluding carboxylic acids is 1. The van der Waals surface area contributed by atoms with Crippen LogP contribution in [-0.4, -0.2) is 25.6 Å². The van der Waals surface area contributed by atoms with Crippen molar-refractivity contribution in [3.8, 4) is 5.75 Å². The van der Waals surface area contributed by atoms with E-state index in [2.05, 4.69) is 17.6 Å². The van der Waals surface area contributed by atoms with Gasteiger partial charge in [0.25, 0.3) is 0 Å². The minimum atomic E-state index is 0.0461. The molecule has 1 aromatic rings. The summed E-state index contributed by atoms with van der Waals surface area (Å²) in [5.74, 6) is 0.941. The lowest BCUT2D eigenvalue weighted by Gasteiger charge is -2.07. The molecule has 0 aliphatic rings. The van der Waals surface area contributed by atoms with E-state index in [9.17, 15) is 4.79 Å². The van der Waals surface area contributed by atoms with E-state index in [1.165, 1.54) is 0 Å². The van der Waals surface area contributed by atoms with Gasteiger partial charge < -0.3 is 15.4 Å². The number of nitrogens with one attached hydrogen (secondary N) is 2. The first-order chi connectivity index (χ1) is 9.26. The zero-order chi connectivity index (χ0) is 13.9. The maximum Gasteiger partial charge on any atom is 0.233 e. The van der Waals surface area contributed by atoms with Gasteiger partial charge in [-0.15, -0.1) is 0 Å². The van der Waals surface area contributed by atoms with Gasteiger partial charge >= 0.3 is 0 Å². The molecule has 0 bridgehead atoms. The highest BCUT2D eigenvalue weighted by Crippen LogP contribution is 2.12. The second kappa shape index (κ2) is 9.39. The van der Waals surface area contributed by atoms with Crippen molar-refractivity contribution < 1.29 is 9.53 Å². The maximum absolute atomic E-state index is 11.4. The summed E-state index contributed by atoms with van der Waals surface area (Å²) in [5.41, 5.74) is 1.15. The van der Waals surface area contributed by atoms with Gasteiger partial charge in [0, 0.05) is 13.1 Å². The van der Waals surface area contributed by atoms with Crippen LogP contribution in [-0.2, 0) is 11.3 Å². The maximum atomic E-state index is 11.4. The molecule has 2 N–H and O–H groups in total. The molecule has 1 aromatic carbocycles. The van der Waals surface area contributed by atoms with E-state index in [-0.39, 0.29) is 5.91 Å². The van der Waals surface area contributed by atoms with Crippen molar-refractivity contribution in [3.05, 3.63) is 29.8 Å². The summed E-state index contributed by atoms with van der Waals surface area (Å²) in [6.45, 7) is 6.65. The molecule has 106 valence electrons. The molecule has 0 aliphatic heterocycles. The molecule has 19 heavy (non-hydrogen) atoms. The van der Waals surface area contributed by atoms with Crippen LogP contribution in [0.15, 0.2) is 24.3 Å². The molecule has 4 heteroatoms. The van der Waals surface area contributed by atoms with Crippen molar-refractivity contribution >= 4 is 5.91 Å². The second-order valence-electron chi connectivity index (χ2n) is 4.45. The Morgan fingerprint density at radius 1 is 1.16 bits per heavy atom. The molecular formula is C15H24N2O2. The third-order valence-electron chi connectivity index (χ3n) is 2.58. The zero-order valence-corrected chi connectivity index (χ0v) is 11.9. The summed E-state index contributed by atoms with van der Waals surface area (Å²) >= 11 is 0. The van der Waals surface area contributed by atoms with Crippen LogP contribution in [0.25, 0.3) is 0 Å². The van der Waals surface area contributed by atoms with Crippen molar-refractivity contribution in [1.29, 1.82) is 0 Å². The smallest absolute Gasteiger partial charge is 0.233 e. The van der Waals surface area contributed by atoms with Crippen LogP contribution in [0.1, 0.15) is 32.3 Å². The standard InChI is InChI=1S/C15H24N2O2/c1-3-9-17-15(18)12-16-11-13-5-7-14(8-6-13)19-10-4-2/h5-8,16H,3-4,9-12H2,1-2H3,(H,17,18). The van der Waals surface area contributed by atoms with E-state index in [1.807, 2.05) is 31.2 Å². The third kappa shape index (κ3) is 6.82. The zero-order valence-electron chi connectivity index (χ0n) is 11.9. The van der Waals surface area contributed by atoms with Crippen LogP contribution in [0.5, 0.6) is 5.75 Å². The first-order valence-corrected chi connectivity index (χ1v) is 6.95. The Bertz CT molecular complexity index is 363. The van der Waals surface area contributed by atoms with E-state index >= 15 is 0 Å². The number of hydrogen-bond donors (Lipinski definition) is 2. The summed E-state index contributed by atoms with van der Waals surface area (Å²) in [6, 6.07) is 7.96. The van der Waals surface area contributed by atoms with Gasteiger partial charge in [-0.1, -0.05) is 26.0 Å². The summed E-state index contributed by atoms with van der Waals surface area (Å²) < 4.78 is 5.51. The van der Waals surface area contributed by atoms with E-state index in [1.54, 1.807) is 0 Å². The van der Waals surface area contributed by atoms with Crippen LogP contribution >= 0.6 is 0 Å². The summed E-state index contributed by atoms with van der Waals surface area (Å²) in [4.78, 5) is 11.4. The van der Waals surface area contributed by atoms with Crippen LogP contribution in [0.2, 0.25) is 0 Å². The lowest BCUT2D eigenvalue weighted by atomic mass is 10.2. The third-order valence-corrected chi connectivity index (χ3v) is 2.58. The molecule has 0 atom stereocenters. The van der Waals surface area contributed by atoms with Crippen LogP contribution < -0.4 is 15.4 Å². The molecule has 0 unspecified atom stereocenters. The van der Waals surface area contributed by atoms with Crippen molar-refractivity contribution in [1.82, 2.24) is 10.6 Å². The van der Waals surface area contributed by atoms with Gasteiger partial charge in [0.15, 0.2) is 0 Å². The molecule has 0 aromatic heterocycles. The van der Waals surface area contributed by atoms with Crippen LogP contribution in [0, 0.1) is 0 Å². The van der Waals surface area contributed by atoms with Gasteiger partial charge in [0.2, 0.25) is 5.91 Å². The largest absolute Gasteiger partial charge is 0.494 e. The average Bonchev–Trinajstić information content (AvgIpc) is 2.44. The minimum absolute atomic E-state index is 0.0461. The molecule has 0 radical (unpaired) electrons. The van der Waals surface area contributed by atoms with E-state index in [4.69, 9.17) is 4.74 Å². The molecule has 4 nitrogen and oxygen atoms in total. The highest BCUT2D eigenvalue weighted by molar-refractivity contribution is 5.77. The number of amides is 1. The first-order valence-electron chi connectivity index (χ1n) is 6.95. The summed E-state index contributed by atoms with van der Waals surface area (Å²) in [5, 5.41) is 5.95. The molecule has 1 amide bonds. The van der Waals surface area contributed by atoms with E-state index in [0.717, 1.165) is 37.3 Å². The first kappa shape index (κ1) is 15.5. The second-order valence-corrected chi connectivity index (χ2v) is 4.45. The lowest BCUT2D eigenvalue weighted by molar-refractivity contribution is -0.120. The monoisotopic (exact) mass is 264 g/mol. The van der Waals surface area contributed by atoms with E-state index < -0.39 is 0 Å². The normalized spacial score (nSPS) is 10.2. The van der Waals surface area contributed by atoms with Crippen molar-refractivity contribution in [3.63, 3.8) is 0 Å². The molecule has 0 saturated carbocycles. The number of benzene rings is 1. The summed E-state index contributed by atoms with van der Waals surface area (Å²) in [7, 11) is 0. The molecular weight excluding hydrogens is 240 g/mol. The number of hydrogen-bond acceptors (Lipinski definition) is 3. The van der Waals surface area contributed by atoms with Gasteiger partial charge in [0.1, 0.15) is 5.75 Å². The molecule has 0 saturated heterocycles. The Morgan fingerprint density at radius 2 is 1.89 bits per heavy atom. The fourth-order valence-electron chi connectivity index (χ4n) is 1.57. The summed E-state index contributed by atoms with van der Waals surface area (Å²) in [6.07, 6.45) is 1.97. The van der Waals surface area contributed by atoms with Gasteiger partial charge in [-0.3, -0.25) is 4.79 Å². The average molecular weight is 264 g/mol. The Hall–Kier alpha value is -1.55. The fraction of sp³-hybridized carbons (Fsp3) is 0.533. The van der Waals surface area contributed by atoms with E-state index in [0.29, 0.717) is 13.1 Å². The molecule has 0 spiro atoms. The van der Waals surface area contributed by atoms with Crippen LogP contribution in [0.3, 0.4) is 0 Å². The lowest BCUT2D eigenvalue weighted by Crippen LogP contribution is -2.33. The number of ether oxygens (including phenoxy) is 1. The minimum Gasteiger partial charge on any atom is -0.494 e. The topological polar surface area (TPSA) is 50.4 Å². The Kier molecular flexibility index (Phi) is 7.66. The number of carbonyl (C=O) groups is 1. The highest BCUT2D eigenvalue weighted by Gasteiger charge is 2.00. The van der Waals surface area contributed by atoms with Gasteiger partial charge in [-0.25, -0.2) is 0 Å². The molecule has 0 heterocycles. The van der Waals surface area contributed by atoms with Gasteiger partial charge in [-0.2, -0.15) is 0 Å². The number of rotatable bonds is 9. The molecule has 0 aliphatic carbocycles. The Balaban J connectivity index is 2.24. The quantitative estimate of drug-likeness (QED) is 0.718. The predicted octanol–water partition coefficient (Wildman–Crippen LogP) is 2.09. The predicted molar refractivity (Wildman–Crippen MR) is 77.2 cm³/mol. The van der Waals surface area contributed by atoms with Gasteiger partial charge in [-0.05, 0) is 30.5 Å². The SMILES string of the molecule is CCCNC(=O)CNCc1ccc(OCCC)cc1. The van der Waals surface area contributed by atoms with Crippen molar-refractivity contribution in [2.24, 2.45) is 0 Å². The van der Waals surface area contributed by atoms with Crippen LogP contribution in [0.4, 0.5) is 0 Å². The Labute approximate surface area is 115 Å². The highest BCUT2D eigenvalue weighted by atomic mass is 16.5. The Morgan fingerprint density at radius 3 is 2.53 bits per heavy atom. The molecule has 0 fully saturated rings. The fourth-order valence-corrected chi connectivity index (χ4v) is 1.57. The van der Waals surface area contributed by atoms with Crippen molar-refractivity contribution in [2.45, 2.75) is 33.2 Å². The van der Waals surface area contributed by atoms with Crippen molar-refractivity contribution in [2.75, 3.05) is 19.7 Å².